The minimum atomic E-state index is -0.488. The number of hydrogen-bond donors (Lipinski definition) is 0. The van der Waals surface area contributed by atoms with Gasteiger partial charge in [0.05, 0.1) is 16.7 Å². The maximum Gasteiger partial charge on any atom is 0.274 e. The second-order valence-electron chi connectivity index (χ2n) is 6.78. The minimum absolute atomic E-state index is 0.0588. The number of hydrogen-bond acceptors (Lipinski definition) is 4. The molecule has 0 saturated carbocycles. The zero-order chi connectivity index (χ0) is 21.3. The SMILES string of the molecule is O=C(c1ccc([N+](=O)[O-])cc1)N1N=C(c2ccc(Br)cc2)C[C@@H]1c1ccc(Br)cc1. The van der Waals surface area contributed by atoms with Gasteiger partial charge in [-0.25, -0.2) is 5.01 Å². The summed E-state index contributed by atoms with van der Waals surface area (Å²) in [6.45, 7) is 0. The summed E-state index contributed by atoms with van der Waals surface area (Å²) in [4.78, 5) is 23.7. The number of halogens is 2. The molecule has 1 atom stereocenters. The molecule has 0 aromatic heterocycles. The number of amides is 1. The van der Waals surface area contributed by atoms with Crippen LogP contribution in [0.5, 0.6) is 0 Å². The zero-order valence-corrected chi connectivity index (χ0v) is 18.7. The summed E-state index contributed by atoms with van der Waals surface area (Å²) in [6.07, 6.45) is 0.571. The summed E-state index contributed by atoms with van der Waals surface area (Å²) < 4.78 is 1.92. The van der Waals surface area contributed by atoms with E-state index in [-0.39, 0.29) is 17.6 Å². The van der Waals surface area contributed by atoms with Crippen LogP contribution in [-0.4, -0.2) is 21.6 Å². The number of carbonyl (C=O) groups is 1. The highest BCUT2D eigenvalue weighted by atomic mass is 79.9. The van der Waals surface area contributed by atoms with E-state index < -0.39 is 4.92 Å². The summed E-state index contributed by atoms with van der Waals surface area (Å²) in [5.74, 6) is -0.301. The van der Waals surface area contributed by atoms with E-state index in [1.54, 1.807) is 0 Å². The first-order chi connectivity index (χ1) is 14.4. The van der Waals surface area contributed by atoms with Gasteiger partial charge in [-0.1, -0.05) is 56.1 Å². The van der Waals surface area contributed by atoms with Crippen LogP contribution in [0.15, 0.2) is 86.8 Å². The Morgan fingerprint density at radius 3 is 2.07 bits per heavy atom. The van der Waals surface area contributed by atoms with Gasteiger partial charge >= 0.3 is 0 Å². The average Bonchev–Trinajstić information content (AvgIpc) is 3.19. The standard InChI is InChI=1S/C22H15Br2N3O3/c23-17-7-1-14(2-8-17)20-13-21(15-3-9-18(24)10-4-15)26(25-20)22(28)16-5-11-19(12-6-16)27(29)30/h1-12,21H,13H2/t21-/m1/s1. The Hall–Kier alpha value is -2.84. The van der Waals surface area contributed by atoms with Crippen molar-refractivity contribution in [2.24, 2.45) is 5.10 Å². The predicted molar refractivity (Wildman–Crippen MR) is 121 cm³/mol. The third kappa shape index (κ3) is 4.20. The predicted octanol–water partition coefficient (Wildman–Crippen LogP) is 6.11. The lowest BCUT2D eigenvalue weighted by Crippen LogP contribution is -2.27. The van der Waals surface area contributed by atoms with E-state index in [4.69, 9.17) is 0 Å². The maximum absolute atomic E-state index is 13.2. The Morgan fingerprint density at radius 1 is 0.933 bits per heavy atom. The van der Waals surface area contributed by atoms with Gasteiger partial charge in [-0.2, -0.15) is 5.10 Å². The first-order valence-electron chi connectivity index (χ1n) is 9.09. The molecule has 30 heavy (non-hydrogen) atoms. The molecule has 4 rings (SSSR count). The normalized spacial score (nSPS) is 15.7. The number of nitro groups is 1. The second kappa shape index (κ2) is 8.49. The van der Waals surface area contributed by atoms with E-state index in [0.29, 0.717) is 12.0 Å². The summed E-state index contributed by atoms with van der Waals surface area (Å²) in [5, 5.41) is 17.0. The number of non-ortho nitro benzene ring substituents is 1. The van der Waals surface area contributed by atoms with Crippen molar-refractivity contribution in [1.29, 1.82) is 0 Å². The highest BCUT2D eigenvalue weighted by Gasteiger charge is 2.33. The highest BCUT2D eigenvalue weighted by Crippen LogP contribution is 2.35. The lowest BCUT2D eigenvalue weighted by Gasteiger charge is -2.22. The van der Waals surface area contributed by atoms with Crippen LogP contribution >= 0.6 is 31.9 Å². The van der Waals surface area contributed by atoms with Crippen LogP contribution in [0.2, 0.25) is 0 Å². The van der Waals surface area contributed by atoms with E-state index >= 15 is 0 Å². The van der Waals surface area contributed by atoms with Crippen LogP contribution in [0, 0.1) is 10.1 Å². The first-order valence-corrected chi connectivity index (χ1v) is 10.7. The van der Waals surface area contributed by atoms with Gasteiger partial charge in [0.25, 0.3) is 11.6 Å². The van der Waals surface area contributed by atoms with Gasteiger partial charge in [0.2, 0.25) is 0 Å². The first kappa shape index (κ1) is 20.4. The molecular weight excluding hydrogens is 514 g/mol. The van der Waals surface area contributed by atoms with E-state index in [2.05, 4.69) is 37.0 Å². The lowest BCUT2D eigenvalue weighted by molar-refractivity contribution is -0.384. The van der Waals surface area contributed by atoms with E-state index in [9.17, 15) is 14.9 Å². The number of nitrogens with zero attached hydrogens (tertiary/aromatic N) is 3. The van der Waals surface area contributed by atoms with Crippen molar-refractivity contribution in [3.63, 3.8) is 0 Å². The number of nitro benzene ring substituents is 1. The largest absolute Gasteiger partial charge is 0.274 e. The molecule has 150 valence electrons. The van der Waals surface area contributed by atoms with Crippen LogP contribution in [0.25, 0.3) is 0 Å². The Kier molecular flexibility index (Phi) is 5.78. The molecule has 1 heterocycles. The molecule has 0 unspecified atom stereocenters. The zero-order valence-electron chi connectivity index (χ0n) is 15.5. The van der Waals surface area contributed by atoms with Gasteiger partial charge in [-0.3, -0.25) is 14.9 Å². The molecule has 0 radical (unpaired) electrons. The fraction of sp³-hybridized carbons (Fsp3) is 0.0909. The molecular formula is C22H15Br2N3O3. The average molecular weight is 529 g/mol. The summed E-state index contributed by atoms with van der Waals surface area (Å²) in [6, 6.07) is 20.9. The Labute approximate surface area is 189 Å². The molecule has 0 bridgehead atoms. The molecule has 1 aliphatic rings. The smallest absolute Gasteiger partial charge is 0.267 e. The fourth-order valence-electron chi connectivity index (χ4n) is 3.32. The van der Waals surface area contributed by atoms with E-state index in [1.807, 2.05) is 48.5 Å². The molecule has 0 fully saturated rings. The molecule has 3 aromatic carbocycles. The quantitative estimate of drug-likeness (QED) is 0.303. The lowest BCUT2D eigenvalue weighted by atomic mass is 9.98. The van der Waals surface area contributed by atoms with Crippen LogP contribution in [0.3, 0.4) is 0 Å². The molecule has 0 saturated heterocycles. The van der Waals surface area contributed by atoms with Gasteiger partial charge < -0.3 is 0 Å². The van der Waals surface area contributed by atoms with Crippen LogP contribution in [0.4, 0.5) is 5.69 Å². The van der Waals surface area contributed by atoms with E-state index in [0.717, 1.165) is 25.8 Å². The Bertz CT molecular complexity index is 1130. The Morgan fingerprint density at radius 2 is 1.50 bits per heavy atom. The van der Waals surface area contributed by atoms with Gasteiger partial charge in [0, 0.05) is 33.1 Å². The fourth-order valence-corrected chi connectivity index (χ4v) is 3.85. The molecule has 0 spiro atoms. The summed E-state index contributed by atoms with van der Waals surface area (Å²) >= 11 is 6.87. The summed E-state index contributed by atoms with van der Waals surface area (Å²) in [5.41, 5.74) is 3.01. The van der Waals surface area contributed by atoms with Crippen molar-refractivity contribution >= 4 is 49.2 Å². The molecule has 8 heteroatoms. The molecule has 6 nitrogen and oxygen atoms in total. The van der Waals surface area contributed by atoms with Crippen molar-refractivity contribution in [1.82, 2.24) is 5.01 Å². The number of hydrazone groups is 1. The topological polar surface area (TPSA) is 75.8 Å². The van der Waals surface area contributed by atoms with Crippen molar-refractivity contribution in [2.75, 3.05) is 0 Å². The monoisotopic (exact) mass is 527 g/mol. The van der Waals surface area contributed by atoms with Crippen molar-refractivity contribution in [2.45, 2.75) is 12.5 Å². The third-order valence-electron chi connectivity index (χ3n) is 4.88. The van der Waals surface area contributed by atoms with Gasteiger partial charge in [0.1, 0.15) is 0 Å². The van der Waals surface area contributed by atoms with Crippen LogP contribution in [0.1, 0.15) is 33.9 Å². The van der Waals surface area contributed by atoms with Gasteiger partial charge in [0.15, 0.2) is 0 Å². The summed E-state index contributed by atoms with van der Waals surface area (Å²) in [7, 11) is 0. The molecule has 1 aliphatic heterocycles. The van der Waals surface area contributed by atoms with Crippen LogP contribution < -0.4 is 0 Å². The van der Waals surface area contributed by atoms with Crippen molar-refractivity contribution in [3.8, 4) is 0 Å². The Balaban J connectivity index is 1.70. The van der Waals surface area contributed by atoms with Crippen molar-refractivity contribution in [3.05, 3.63) is 109 Å². The molecule has 3 aromatic rings. The van der Waals surface area contributed by atoms with Crippen LogP contribution in [-0.2, 0) is 0 Å². The molecule has 1 amide bonds. The number of benzene rings is 3. The maximum atomic E-state index is 13.2. The minimum Gasteiger partial charge on any atom is -0.267 e. The second-order valence-corrected chi connectivity index (χ2v) is 8.61. The van der Waals surface area contributed by atoms with Crippen molar-refractivity contribution < 1.29 is 9.72 Å². The van der Waals surface area contributed by atoms with Gasteiger partial charge in [-0.15, -0.1) is 0 Å². The molecule has 0 aliphatic carbocycles. The highest BCUT2D eigenvalue weighted by molar-refractivity contribution is 9.10. The number of carbonyl (C=O) groups excluding carboxylic acids is 1. The van der Waals surface area contributed by atoms with E-state index in [1.165, 1.54) is 29.3 Å². The number of rotatable bonds is 4. The van der Waals surface area contributed by atoms with Gasteiger partial charge in [-0.05, 0) is 47.5 Å². The molecule has 0 N–H and O–H groups in total. The third-order valence-corrected chi connectivity index (χ3v) is 5.93.